The molecule has 1 atom stereocenters. The van der Waals surface area contributed by atoms with Gasteiger partial charge in [0.15, 0.2) is 11.9 Å². The Bertz CT molecular complexity index is 1340. The van der Waals surface area contributed by atoms with Crippen molar-refractivity contribution in [3.63, 3.8) is 0 Å². The third-order valence-corrected chi connectivity index (χ3v) is 13.1. The van der Waals surface area contributed by atoms with Crippen LogP contribution in [0.2, 0.25) is 23.2 Å². The smallest absolute Gasteiger partial charge is 0.250 e. The maximum atomic E-state index is 13.6. The van der Waals surface area contributed by atoms with Crippen molar-refractivity contribution in [3.05, 3.63) is 45.9 Å². The molecule has 0 saturated carbocycles. The highest BCUT2D eigenvalue weighted by Gasteiger charge is 2.41. The predicted octanol–water partition coefficient (Wildman–Crippen LogP) is 4.95. The fraction of sp³-hybridized carbons (Fsp3) is 0.391. The Morgan fingerprint density at radius 2 is 2.03 bits per heavy atom. The van der Waals surface area contributed by atoms with Crippen LogP contribution in [0.15, 0.2) is 50.8 Å². The van der Waals surface area contributed by atoms with Crippen LogP contribution in [0.1, 0.15) is 27.2 Å². The van der Waals surface area contributed by atoms with Gasteiger partial charge in [-0.15, -0.1) is 0 Å². The molecule has 14 heteroatoms. The standard InChI is InChI=1S/C23H30BrClN6O4SSi/c1-23(2,3)37(4,5)35-20-17(28-22(27)31(14-26)18-9-7-6-8-15(18)24)11-10-16(25)21(20)36(32,33)30-19-12-13-34-29-19/h6-11,19,29-30H,12-13H2,1-5H3,(H2,27,28). The summed E-state index contributed by atoms with van der Waals surface area (Å²) in [5.41, 5.74) is 9.49. The third kappa shape index (κ3) is 6.64. The van der Waals surface area contributed by atoms with Crippen molar-refractivity contribution < 1.29 is 17.7 Å². The lowest BCUT2D eigenvalue weighted by Crippen LogP contribution is -2.45. The largest absolute Gasteiger partial charge is 0.541 e. The van der Waals surface area contributed by atoms with Crippen molar-refractivity contribution in [1.29, 1.82) is 5.26 Å². The monoisotopic (exact) mass is 628 g/mol. The number of aliphatic imine (C=N–C) groups is 1. The van der Waals surface area contributed by atoms with Gasteiger partial charge in [-0.1, -0.05) is 44.5 Å². The summed E-state index contributed by atoms with van der Waals surface area (Å²) in [6, 6.07) is 9.94. The lowest BCUT2D eigenvalue weighted by molar-refractivity contribution is 0.0866. The first-order valence-electron chi connectivity index (χ1n) is 11.4. The quantitative estimate of drug-likeness (QED) is 0.128. The molecule has 2 aromatic carbocycles. The van der Waals surface area contributed by atoms with Gasteiger partial charge in [0.1, 0.15) is 10.6 Å². The highest BCUT2D eigenvalue weighted by atomic mass is 79.9. The summed E-state index contributed by atoms with van der Waals surface area (Å²) in [5, 5.41) is 9.51. The number of rotatable bonds is 7. The maximum Gasteiger partial charge on any atom is 0.250 e. The molecule has 0 radical (unpaired) electrons. The van der Waals surface area contributed by atoms with Crippen LogP contribution in [-0.4, -0.2) is 35.5 Å². The third-order valence-electron chi connectivity index (χ3n) is 6.16. The van der Waals surface area contributed by atoms with E-state index in [9.17, 15) is 13.7 Å². The van der Waals surface area contributed by atoms with Crippen molar-refractivity contribution in [2.45, 2.75) is 56.4 Å². The van der Waals surface area contributed by atoms with Gasteiger partial charge in [0.25, 0.3) is 8.32 Å². The minimum atomic E-state index is -4.19. The molecule has 4 N–H and O–H groups in total. The van der Waals surface area contributed by atoms with Gasteiger partial charge in [0, 0.05) is 10.9 Å². The molecule has 0 aliphatic carbocycles. The second-order valence-electron chi connectivity index (χ2n) is 9.87. The van der Waals surface area contributed by atoms with Crippen LogP contribution in [0.5, 0.6) is 5.75 Å². The molecular weight excluding hydrogens is 600 g/mol. The summed E-state index contributed by atoms with van der Waals surface area (Å²) >= 11 is 9.89. The van der Waals surface area contributed by atoms with Gasteiger partial charge in [-0.3, -0.25) is 0 Å². The van der Waals surface area contributed by atoms with E-state index in [1.807, 2.05) is 40.1 Å². The summed E-state index contributed by atoms with van der Waals surface area (Å²) in [6.45, 7) is 10.4. The number of halogens is 2. The number of hydroxylamine groups is 1. The number of guanidine groups is 1. The number of hydrogen-bond acceptors (Lipinski definition) is 7. The van der Waals surface area contributed by atoms with Gasteiger partial charge in [0.05, 0.1) is 23.5 Å². The second kappa shape index (κ2) is 11.3. The predicted molar refractivity (Wildman–Crippen MR) is 151 cm³/mol. The van der Waals surface area contributed by atoms with E-state index >= 15 is 0 Å². The molecule has 1 heterocycles. The molecule has 0 spiro atoms. The summed E-state index contributed by atoms with van der Waals surface area (Å²) in [5.74, 6) is -0.211. The molecule has 1 aliphatic rings. The molecule has 3 rings (SSSR count). The zero-order valence-corrected chi connectivity index (χ0v) is 25.3. The Labute approximate surface area is 232 Å². The van der Waals surface area contributed by atoms with Gasteiger partial charge < -0.3 is 15.0 Å². The molecule has 37 heavy (non-hydrogen) atoms. The van der Waals surface area contributed by atoms with Crippen molar-refractivity contribution in [2.24, 2.45) is 10.7 Å². The molecule has 1 fully saturated rings. The fourth-order valence-electron chi connectivity index (χ4n) is 3.13. The van der Waals surface area contributed by atoms with E-state index in [2.05, 4.69) is 31.1 Å². The van der Waals surface area contributed by atoms with E-state index in [4.69, 9.17) is 26.6 Å². The summed E-state index contributed by atoms with van der Waals surface area (Å²) in [6.07, 6.45) is 1.81. The van der Waals surface area contributed by atoms with E-state index < -0.39 is 24.5 Å². The molecular formula is C23H30BrClN6O4SSi. The molecule has 0 bridgehead atoms. The van der Waals surface area contributed by atoms with Crippen molar-refractivity contribution in [3.8, 4) is 11.9 Å². The van der Waals surface area contributed by atoms with Crippen LogP contribution >= 0.6 is 27.5 Å². The van der Waals surface area contributed by atoms with E-state index in [-0.39, 0.29) is 32.4 Å². The van der Waals surface area contributed by atoms with E-state index in [0.717, 1.165) is 4.90 Å². The average molecular weight is 630 g/mol. The first-order valence-corrected chi connectivity index (χ1v) is 16.9. The van der Waals surface area contributed by atoms with Gasteiger partial charge in [-0.05, 0) is 58.3 Å². The zero-order valence-electron chi connectivity index (χ0n) is 21.2. The van der Waals surface area contributed by atoms with Gasteiger partial charge in [-0.25, -0.2) is 18.3 Å². The fourth-order valence-corrected chi connectivity index (χ4v) is 6.52. The van der Waals surface area contributed by atoms with E-state index in [1.165, 1.54) is 12.1 Å². The Balaban J connectivity index is 2.20. The lowest BCUT2D eigenvalue weighted by Gasteiger charge is -2.37. The molecule has 1 unspecified atom stereocenters. The Morgan fingerprint density at radius 1 is 1.35 bits per heavy atom. The number of para-hydroxylation sites is 1. The molecule has 1 aliphatic heterocycles. The Hall–Kier alpha value is -2.18. The average Bonchev–Trinajstić information content (AvgIpc) is 3.28. The number of anilines is 1. The molecule has 1 saturated heterocycles. The van der Waals surface area contributed by atoms with Crippen LogP contribution in [0, 0.1) is 11.5 Å². The normalized spacial score (nSPS) is 16.9. The SMILES string of the molecule is CC(C)(C)[Si](C)(C)Oc1c(N=C(N)N(C#N)c2ccccc2Br)ccc(Cl)c1S(=O)(=O)NC1CCON1. The van der Waals surface area contributed by atoms with Crippen LogP contribution in [-0.2, 0) is 14.9 Å². The second-order valence-corrected chi connectivity index (χ2v) is 17.5. The van der Waals surface area contributed by atoms with Crippen LogP contribution in [0.4, 0.5) is 11.4 Å². The highest BCUT2D eigenvalue weighted by Crippen LogP contribution is 2.45. The van der Waals surface area contributed by atoms with Crippen molar-refractivity contribution in [1.82, 2.24) is 10.2 Å². The minimum Gasteiger partial charge on any atom is -0.541 e. The molecule has 0 amide bonds. The zero-order chi connectivity index (χ0) is 27.6. The van der Waals surface area contributed by atoms with Crippen molar-refractivity contribution in [2.75, 3.05) is 11.5 Å². The number of nitrogens with one attached hydrogen (secondary N) is 2. The summed E-state index contributed by atoms with van der Waals surface area (Å²) < 4.78 is 36.8. The molecule has 200 valence electrons. The topological polar surface area (TPSA) is 142 Å². The number of nitriles is 1. The summed E-state index contributed by atoms with van der Waals surface area (Å²) in [4.78, 5) is 10.4. The van der Waals surface area contributed by atoms with Crippen LogP contribution in [0.25, 0.3) is 0 Å². The maximum absolute atomic E-state index is 13.6. The van der Waals surface area contributed by atoms with Gasteiger partial charge in [0.2, 0.25) is 16.0 Å². The molecule has 2 aromatic rings. The van der Waals surface area contributed by atoms with E-state index in [1.54, 1.807) is 24.3 Å². The lowest BCUT2D eigenvalue weighted by atomic mass is 10.2. The number of hydrogen-bond donors (Lipinski definition) is 3. The van der Waals surface area contributed by atoms with Crippen LogP contribution in [0.3, 0.4) is 0 Å². The Kier molecular flexibility index (Phi) is 8.96. The minimum absolute atomic E-state index is 0.0292. The van der Waals surface area contributed by atoms with E-state index in [0.29, 0.717) is 23.2 Å². The first kappa shape index (κ1) is 29.4. The summed E-state index contributed by atoms with van der Waals surface area (Å²) in [7, 11) is -6.79. The van der Waals surface area contributed by atoms with Crippen molar-refractivity contribution >= 4 is 63.2 Å². The highest BCUT2D eigenvalue weighted by molar-refractivity contribution is 9.10. The number of sulfonamides is 1. The molecule has 0 aromatic heterocycles. The van der Waals surface area contributed by atoms with Gasteiger partial charge in [-0.2, -0.15) is 15.5 Å². The first-order chi connectivity index (χ1) is 17.2. The Morgan fingerprint density at radius 3 is 2.59 bits per heavy atom. The number of nitrogens with two attached hydrogens (primary N) is 1. The number of benzene rings is 2. The molecule has 10 nitrogen and oxygen atoms in total. The van der Waals surface area contributed by atoms with Crippen LogP contribution < -0.4 is 25.3 Å². The van der Waals surface area contributed by atoms with Gasteiger partial charge >= 0.3 is 0 Å². The number of nitrogens with zero attached hydrogens (tertiary/aromatic N) is 3.